The monoisotopic (exact) mass is 280 g/mol. The van der Waals surface area contributed by atoms with E-state index in [9.17, 15) is 4.79 Å². The highest BCUT2D eigenvalue weighted by molar-refractivity contribution is 5.83. The molecule has 0 aromatic heterocycles. The standard InChI is InChI=1S/C17H28O3/c1-12(2)10-17(11-13(17)3)16(18)20-15(19-4)14-8-6-5-7-9-14/h10,13-15H,5-9,11H2,1-4H3. The number of rotatable bonds is 5. The van der Waals surface area contributed by atoms with Gasteiger partial charge in [0.25, 0.3) is 0 Å². The van der Waals surface area contributed by atoms with Crippen LogP contribution in [-0.2, 0) is 14.3 Å². The third-order valence-corrected chi connectivity index (χ3v) is 4.78. The minimum Gasteiger partial charge on any atom is -0.435 e. The topological polar surface area (TPSA) is 35.5 Å². The van der Waals surface area contributed by atoms with Gasteiger partial charge in [0, 0.05) is 13.0 Å². The van der Waals surface area contributed by atoms with Gasteiger partial charge < -0.3 is 9.47 Å². The highest BCUT2D eigenvalue weighted by Crippen LogP contribution is 2.55. The molecule has 2 rings (SSSR count). The summed E-state index contributed by atoms with van der Waals surface area (Å²) in [5, 5.41) is 0. The van der Waals surface area contributed by atoms with Gasteiger partial charge in [-0.25, -0.2) is 0 Å². The molecule has 0 saturated heterocycles. The second-order valence-corrected chi connectivity index (χ2v) is 6.77. The predicted octanol–water partition coefficient (Wildman–Crippen LogP) is 4.07. The molecule has 0 heterocycles. The molecule has 2 fully saturated rings. The smallest absolute Gasteiger partial charge is 0.318 e. The summed E-state index contributed by atoms with van der Waals surface area (Å²) in [4.78, 5) is 12.5. The Balaban J connectivity index is 2.00. The number of hydrogen-bond donors (Lipinski definition) is 0. The fraction of sp³-hybridized carbons (Fsp3) is 0.824. The Morgan fingerprint density at radius 3 is 2.30 bits per heavy atom. The first-order chi connectivity index (χ1) is 9.49. The third kappa shape index (κ3) is 3.25. The maximum atomic E-state index is 12.5. The van der Waals surface area contributed by atoms with Crippen molar-refractivity contribution < 1.29 is 14.3 Å². The molecule has 0 aromatic rings. The molecule has 20 heavy (non-hydrogen) atoms. The van der Waals surface area contributed by atoms with E-state index in [1.807, 2.05) is 13.8 Å². The quantitative estimate of drug-likeness (QED) is 0.432. The van der Waals surface area contributed by atoms with Crippen LogP contribution in [0.1, 0.15) is 59.3 Å². The Morgan fingerprint density at radius 2 is 1.85 bits per heavy atom. The zero-order valence-electron chi connectivity index (χ0n) is 13.3. The summed E-state index contributed by atoms with van der Waals surface area (Å²) in [5.41, 5.74) is 0.794. The van der Waals surface area contributed by atoms with Crippen LogP contribution in [0.2, 0.25) is 0 Å². The van der Waals surface area contributed by atoms with Crippen molar-refractivity contribution in [3.05, 3.63) is 11.6 Å². The molecule has 0 spiro atoms. The summed E-state index contributed by atoms with van der Waals surface area (Å²) in [6.45, 7) is 6.19. The van der Waals surface area contributed by atoms with Gasteiger partial charge in [-0.3, -0.25) is 4.79 Å². The maximum absolute atomic E-state index is 12.5. The summed E-state index contributed by atoms with van der Waals surface area (Å²) in [6.07, 6.45) is 8.56. The molecule has 3 heteroatoms. The zero-order valence-corrected chi connectivity index (χ0v) is 13.3. The molecular formula is C17H28O3. The SMILES string of the molecule is COC(OC(=O)C1(C=C(C)C)CC1C)C1CCCCC1. The van der Waals surface area contributed by atoms with Gasteiger partial charge >= 0.3 is 5.97 Å². The van der Waals surface area contributed by atoms with Gasteiger partial charge in [-0.1, -0.05) is 37.8 Å². The van der Waals surface area contributed by atoms with E-state index in [2.05, 4.69) is 13.0 Å². The molecule has 0 radical (unpaired) electrons. The van der Waals surface area contributed by atoms with E-state index in [0.29, 0.717) is 11.8 Å². The minimum atomic E-state index is -0.385. The molecule has 2 aliphatic rings. The zero-order chi connectivity index (χ0) is 14.8. The van der Waals surface area contributed by atoms with Crippen LogP contribution >= 0.6 is 0 Å². The van der Waals surface area contributed by atoms with Crippen molar-refractivity contribution >= 4 is 5.97 Å². The van der Waals surface area contributed by atoms with Crippen molar-refractivity contribution in [1.29, 1.82) is 0 Å². The highest BCUT2D eigenvalue weighted by atomic mass is 16.7. The molecule has 3 unspecified atom stereocenters. The average molecular weight is 280 g/mol. The van der Waals surface area contributed by atoms with E-state index in [0.717, 1.165) is 19.3 Å². The van der Waals surface area contributed by atoms with Gasteiger partial charge in [0.2, 0.25) is 6.29 Å². The van der Waals surface area contributed by atoms with Crippen LogP contribution in [0.5, 0.6) is 0 Å². The van der Waals surface area contributed by atoms with Gasteiger partial charge in [-0.15, -0.1) is 0 Å². The second kappa shape index (κ2) is 6.30. The summed E-state index contributed by atoms with van der Waals surface area (Å²) in [6, 6.07) is 0. The van der Waals surface area contributed by atoms with Gasteiger partial charge in [-0.2, -0.15) is 0 Å². The largest absolute Gasteiger partial charge is 0.435 e. The highest BCUT2D eigenvalue weighted by Gasteiger charge is 2.57. The third-order valence-electron chi connectivity index (χ3n) is 4.78. The van der Waals surface area contributed by atoms with Crippen molar-refractivity contribution in [2.24, 2.45) is 17.3 Å². The Hall–Kier alpha value is -0.830. The molecular weight excluding hydrogens is 252 g/mol. The summed E-state index contributed by atoms with van der Waals surface area (Å²) >= 11 is 0. The van der Waals surface area contributed by atoms with Crippen LogP contribution in [0.4, 0.5) is 0 Å². The second-order valence-electron chi connectivity index (χ2n) is 6.77. The summed E-state index contributed by atoms with van der Waals surface area (Å²) in [5.74, 6) is 0.660. The lowest BCUT2D eigenvalue weighted by Crippen LogP contribution is -2.33. The number of esters is 1. The molecule has 0 aromatic carbocycles. The van der Waals surface area contributed by atoms with Crippen molar-refractivity contribution in [3.8, 4) is 0 Å². The first-order valence-electron chi connectivity index (χ1n) is 7.89. The molecule has 0 aliphatic heterocycles. The molecule has 0 N–H and O–H groups in total. The lowest BCUT2D eigenvalue weighted by atomic mass is 9.88. The van der Waals surface area contributed by atoms with Crippen LogP contribution in [0.3, 0.4) is 0 Å². The Morgan fingerprint density at radius 1 is 1.25 bits per heavy atom. The molecule has 3 atom stereocenters. The minimum absolute atomic E-state index is 0.0939. The normalized spacial score (nSPS) is 31.5. The average Bonchev–Trinajstić information content (AvgIpc) is 3.07. The van der Waals surface area contributed by atoms with Gasteiger partial charge in [0.15, 0.2) is 0 Å². The lowest BCUT2D eigenvalue weighted by molar-refractivity contribution is -0.191. The fourth-order valence-electron chi connectivity index (χ4n) is 3.47. The van der Waals surface area contributed by atoms with Crippen LogP contribution in [0.15, 0.2) is 11.6 Å². The van der Waals surface area contributed by atoms with Crippen molar-refractivity contribution in [1.82, 2.24) is 0 Å². The van der Waals surface area contributed by atoms with Crippen LogP contribution in [0.25, 0.3) is 0 Å². The number of methoxy groups -OCH3 is 1. The number of allylic oxidation sites excluding steroid dienone is 1. The Kier molecular flexibility index (Phi) is 4.90. The van der Waals surface area contributed by atoms with E-state index in [4.69, 9.17) is 9.47 Å². The summed E-state index contributed by atoms with van der Waals surface area (Å²) in [7, 11) is 1.65. The number of ether oxygens (including phenoxy) is 2. The molecule has 0 amide bonds. The Labute approximate surface area is 122 Å². The first-order valence-corrected chi connectivity index (χ1v) is 7.89. The molecule has 2 saturated carbocycles. The van der Waals surface area contributed by atoms with Crippen molar-refractivity contribution in [2.45, 2.75) is 65.6 Å². The lowest BCUT2D eigenvalue weighted by Gasteiger charge is -2.29. The van der Waals surface area contributed by atoms with E-state index >= 15 is 0 Å². The van der Waals surface area contributed by atoms with Crippen molar-refractivity contribution in [3.63, 3.8) is 0 Å². The Bertz CT molecular complexity index is 378. The number of hydrogen-bond acceptors (Lipinski definition) is 3. The van der Waals surface area contributed by atoms with Crippen LogP contribution in [0, 0.1) is 17.3 Å². The molecule has 114 valence electrons. The van der Waals surface area contributed by atoms with E-state index in [-0.39, 0.29) is 17.7 Å². The van der Waals surface area contributed by atoms with E-state index < -0.39 is 0 Å². The van der Waals surface area contributed by atoms with Crippen LogP contribution < -0.4 is 0 Å². The van der Waals surface area contributed by atoms with Gasteiger partial charge in [0.05, 0.1) is 5.41 Å². The summed E-state index contributed by atoms with van der Waals surface area (Å²) < 4.78 is 11.2. The predicted molar refractivity (Wildman–Crippen MR) is 79.1 cm³/mol. The van der Waals surface area contributed by atoms with Crippen molar-refractivity contribution in [2.75, 3.05) is 7.11 Å². The van der Waals surface area contributed by atoms with Crippen LogP contribution in [-0.4, -0.2) is 19.4 Å². The fourth-order valence-corrected chi connectivity index (χ4v) is 3.47. The number of carbonyl (C=O) groups is 1. The molecule has 3 nitrogen and oxygen atoms in total. The van der Waals surface area contributed by atoms with Gasteiger partial charge in [-0.05, 0) is 39.0 Å². The molecule has 2 aliphatic carbocycles. The maximum Gasteiger partial charge on any atom is 0.318 e. The van der Waals surface area contributed by atoms with E-state index in [1.54, 1.807) is 7.11 Å². The molecule has 0 bridgehead atoms. The first kappa shape index (κ1) is 15.6. The number of carbonyl (C=O) groups excluding carboxylic acids is 1. The van der Waals surface area contributed by atoms with Gasteiger partial charge in [0.1, 0.15) is 0 Å². The van der Waals surface area contributed by atoms with E-state index in [1.165, 1.54) is 24.8 Å².